The third-order valence-electron chi connectivity index (χ3n) is 8.22. The van der Waals surface area contributed by atoms with Crippen molar-refractivity contribution in [2.24, 2.45) is 5.73 Å². The first kappa shape index (κ1) is 31.2. The monoisotopic (exact) mass is 576 g/mol. The molecule has 1 saturated heterocycles. The van der Waals surface area contributed by atoms with Gasteiger partial charge in [-0.3, -0.25) is 14.4 Å². The maximum atomic E-state index is 14.0. The lowest BCUT2D eigenvalue weighted by Crippen LogP contribution is -2.57. The fraction of sp³-hybridized carbons (Fsp3) is 0.469. The van der Waals surface area contributed by atoms with Crippen LogP contribution >= 0.6 is 0 Å². The summed E-state index contributed by atoms with van der Waals surface area (Å²) in [6.45, 7) is 1.28. The summed E-state index contributed by atoms with van der Waals surface area (Å²) in [4.78, 5) is 45.5. The van der Waals surface area contributed by atoms with Crippen LogP contribution in [0, 0.1) is 0 Å². The van der Waals surface area contributed by atoms with E-state index in [1.165, 1.54) is 5.56 Å². The molecule has 3 amide bonds. The second kappa shape index (κ2) is 15.5. The Morgan fingerprint density at radius 1 is 0.952 bits per heavy atom. The molecule has 10 nitrogen and oxygen atoms in total. The second-order valence-electron chi connectivity index (χ2n) is 11.0. The van der Waals surface area contributed by atoms with Gasteiger partial charge in [0.1, 0.15) is 18.1 Å². The van der Waals surface area contributed by atoms with Gasteiger partial charge in [-0.05, 0) is 68.8 Å². The van der Waals surface area contributed by atoms with Crippen molar-refractivity contribution in [3.05, 3.63) is 71.9 Å². The van der Waals surface area contributed by atoms with E-state index >= 15 is 0 Å². The summed E-state index contributed by atoms with van der Waals surface area (Å²) in [7, 11) is 1.57. The fourth-order valence-electron chi connectivity index (χ4n) is 5.71. The van der Waals surface area contributed by atoms with Crippen LogP contribution in [0.5, 0.6) is 0 Å². The molecular formula is C32H44N6O4. The number of H-pyrrole nitrogens is 1. The minimum atomic E-state index is -0.867. The first-order valence-electron chi connectivity index (χ1n) is 14.9. The topological polar surface area (TPSA) is 153 Å². The number of aromatic nitrogens is 1. The van der Waals surface area contributed by atoms with Crippen molar-refractivity contribution < 1.29 is 19.5 Å². The molecule has 7 N–H and O–H groups in total. The summed E-state index contributed by atoms with van der Waals surface area (Å²) in [5.41, 5.74) is 8.85. The van der Waals surface area contributed by atoms with E-state index in [-0.39, 0.29) is 5.91 Å². The van der Waals surface area contributed by atoms with Crippen molar-refractivity contribution in [1.29, 1.82) is 0 Å². The Bertz CT molecular complexity index is 1300. The molecule has 1 aliphatic heterocycles. The van der Waals surface area contributed by atoms with E-state index in [9.17, 15) is 19.5 Å². The van der Waals surface area contributed by atoms with Crippen LogP contribution < -0.4 is 21.7 Å². The van der Waals surface area contributed by atoms with Gasteiger partial charge >= 0.3 is 0 Å². The molecule has 0 aliphatic carbocycles. The van der Waals surface area contributed by atoms with Crippen LogP contribution in [0.25, 0.3) is 10.9 Å². The number of fused-ring (bicyclic) bond motifs is 1. The highest BCUT2D eigenvalue weighted by Gasteiger charge is 2.33. The quantitative estimate of drug-likeness (QED) is 0.161. The van der Waals surface area contributed by atoms with Crippen LogP contribution in [-0.2, 0) is 20.8 Å². The number of hydrogen-bond acceptors (Lipinski definition) is 6. The largest absolute Gasteiger partial charge is 0.394 e. The lowest BCUT2D eigenvalue weighted by atomic mass is 9.89. The molecule has 10 heteroatoms. The van der Waals surface area contributed by atoms with Crippen LogP contribution in [0.4, 0.5) is 0 Å². The van der Waals surface area contributed by atoms with Crippen molar-refractivity contribution in [2.45, 2.75) is 62.6 Å². The van der Waals surface area contributed by atoms with Crippen LogP contribution in [0.2, 0.25) is 0 Å². The number of hydrogen-bond donors (Lipinski definition) is 6. The maximum Gasteiger partial charge on any atom is 0.245 e. The van der Waals surface area contributed by atoms with Crippen molar-refractivity contribution in [3.63, 3.8) is 0 Å². The number of likely N-dealkylation sites (tertiary alicyclic amines) is 1. The van der Waals surface area contributed by atoms with Crippen molar-refractivity contribution in [2.75, 3.05) is 33.3 Å². The average Bonchev–Trinajstić information content (AvgIpc) is 3.43. The molecule has 226 valence electrons. The molecule has 2 aromatic carbocycles. The van der Waals surface area contributed by atoms with E-state index < -0.39 is 36.5 Å². The number of benzene rings is 2. The summed E-state index contributed by atoms with van der Waals surface area (Å²) in [6, 6.07) is 15.7. The van der Waals surface area contributed by atoms with E-state index in [0.717, 1.165) is 29.3 Å². The first-order chi connectivity index (χ1) is 20.4. The highest BCUT2D eigenvalue weighted by atomic mass is 16.3. The highest BCUT2D eigenvalue weighted by molar-refractivity contribution is 5.94. The molecule has 42 heavy (non-hydrogen) atoms. The summed E-state index contributed by atoms with van der Waals surface area (Å²) in [5, 5.41) is 19.1. The summed E-state index contributed by atoms with van der Waals surface area (Å²) in [5.74, 6) is -0.637. The third-order valence-corrected chi connectivity index (χ3v) is 8.22. The van der Waals surface area contributed by atoms with Crippen molar-refractivity contribution in [1.82, 2.24) is 25.8 Å². The number of unbranched alkanes of at least 4 members (excludes halogenated alkanes) is 1. The molecule has 1 fully saturated rings. The number of rotatable bonds is 14. The number of piperidine rings is 1. The number of carbonyl (C=O) groups is 3. The standard InChI is InChI=1S/C32H44N6O4/c1-34-29(21-39)31(41)36-27(13-7-8-16-33)30(40)37-28(19-24-20-35-26-12-6-5-11-25(24)26)32(42)38-17-14-23(15-18-38)22-9-3-2-4-10-22/h2-6,9-12,20,23,27-29,34-35,39H,7-8,13-19,21,33H2,1H3,(H,36,41)(H,37,40)/t27-,28+,29-/m1/s1. The zero-order chi connectivity index (χ0) is 29.9. The van der Waals surface area contributed by atoms with E-state index in [2.05, 4.69) is 33.1 Å². The Balaban J connectivity index is 1.52. The normalized spacial score (nSPS) is 16.1. The molecular weight excluding hydrogens is 532 g/mol. The van der Waals surface area contributed by atoms with Gasteiger partial charge in [-0.1, -0.05) is 48.5 Å². The van der Waals surface area contributed by atoms with Crippen LogP contribution in [-0.4, -0.2) is 84.1 Å². The number of amides is 3. The zero-order valence-corrected chi connectivity index (χ0v) is 24.4. The number of para-hydroxylation sites is 1. The van der Waals surface area contributed by atoms with Crippen LogP contribution in [0.3, 0.4) is 0 Å². The Kier molecular flexibility index (Phi) is 11.5. The Hall–Kier alpha value is -3.73. The minimum Gasteiger partial charge on any atom is -0.394 e. The predicted octanol–water partition coefficient (Wildman–Crippen LogP) is 1.80. The summed E-state index contributed by atoms with van der Waals surface area (Å²) >= 11 is 0. The molecule has 0 spiro atoms. The van der Waals surface area contributed by atoms with Gasteiger partial charge in [-0.15, -0.1) is 0 Å². The number of aliphatic hydroxyl groups is 1. The number of aliphatic hydroxyl groups excluding tert-OH is 1. The van der Waals surface area contributed by atoms with Gasteiger partial charge in [0.15, 0.2) is 0 Å². The minimum absolute atomic E-state index is 0.129. The molecule has 0 saturated carbocycles. The van der Waals surface area contributed by atoms with Gasteiger partial charge < -0.3 is 36.7 Å². The van der Waals surface area contributed by atoms with Gasteiger partial charge in [-0.25, -0.2) is 0 Å². The number of carbonyl (C=O) groups excluding carboxylic acids is 3. The van der Waals surface area contributed by atoms with E-state index in [1.807, 2.05) is 53.6 Å². The van der Waals surface area contributed by atoms with E-state index in [4.69, 9.17) is 5.73 Å². The number of likely N-dealkylation sites (N-methyl/N-ethyl adjacent to an activating group) is 1. The van der Waals surface area contributed by atoms with E-state index in [0.29, 0.717) is 51.2 Å². The van der Waals surface area contributed by atoms with E-state index in [1.54, 1.807) is 7.05 Å². The highest BCUT2D eigenvalue weighted by Crippen LogP contribution is 2.28. The molecule has 2 heterocycles. The van der Waals surface area contributed by atoms with Gasteiger partial charge in [0.25, 0.3) is 0 Å². The van der Waals surface area contributed by atoms with Gasteiger partial charge in [0.05, 0.1) is 6.61 Å². The molecule has 0 radical (unpaired) electrons. The molecule has 0 bridgehead atoms. The zero-order valence-electron chi connectivity index (χ0n) is 24.4. The second-order valence-corrected chi connectivity index (χ2v) is 11.0. The van der Waals surface area contributed by atoms with Crippen molar-refractivity contribution in [3.8, 4) is 0 Å². The average molecular weight is 577 g/mol. The fourth-order valence-corrected chi connectivity index (χ4v) is 5.71. The predicted molar refractivity (Wildman–Crippen MR) is 164 cm³/mol. The molecule has 1 aliphatic rings. The molecule has 4 rings (SSSR count). The molecule has 3 atom stereocenters. The molecule has 0 unspecified atom stereocenters. The Morgan fingerprint density at radius 2 is 1.62 bits per heavy atom. The Morgan fingerprint density at radius 3 is 2.31 bits per heavy atom. The first-order valence-corrected chi connectivity index (χ1v) is 14.9. The van der Waals surface area contributed by atoms with Crippen LogP contribution in [0.1, 0.15) is 49.1 Å². The lowest BCUT2D eigenvalue weighted by Gasteiger charge is -2.35. The smallest absolute Gasteiger partial charge is 0.245 e. The van der Waals surface area contributed by atoms with Crippen LogP contribution in [0.15, 0.2) is 60.8 Å². The summed E-state index contributed by atoms with van der Waals surface area (Å²) in [6.07, 6.45) is 5.61. The maximum absolute atomic E-state index is 14.0. The van der Waals surface area contributed by atoms with Gasteiger partial charge in [0, 0.05) is 36.6 Å². The van der Waals surface area contributed by atoms with Gasteiger partial charge in [-0.2, -0.15) is 0 Å². The SMILES string of the molecule is CN[C@H](CO)C(=O)N[C@H](CCCCN)C(=O)N[C@@H](Cc1c[nH]c2ccccc12)C(=O)N1CCC(c2ccccc2)CC1. The summed E-state index contributed by atoms with van der Waals surface area (Å²) < 4.78 is 0. The number of nitrogens with one attached hydrogen (secondary N) is 4. The molecule has 1 aromatic heterocycles. The lowest BCUT2D eigenvalue weighted by molar-refractivity contribution is -0.138. The number of nitrogens with zero attached hydrogens (tertiary/aromatic N) is 1. The number of aromatic amines is 1. The third kappa shape index (κ3) is 7.96. The van der Waals surface area contributed by atoms with Crippen molar-refractivity contribution >= 4 is 28.6 Å². The number of nitrogens with two attached hydrogens (primary N) is 1. The Labute approximate surface area is 247 Å². The molecule has 3 aromatic rings. The van der Waals surface area contributed by atoms with Gasteiger partial charge in [0.2, 0.25) is 17.7 Å².